The lowest BCUT2D eigenvalue weighted by Gasteiger charge is -2.30. The smallest absolute Gasteiger partial charge is 0.230 e. The molecule has 1 saturated heterocycles. The van der Waals surface area contributed by atoms with Crippen LogP contribution in [-0.4, -0.2) is 33.1 Å². The summed E-state index contributed by atoms with van der Waals surface area (Å²) in [4.78, 5) is 23.6. The largest absolute Gasteiger partial charge is 0.496 e. The van der Waals surface area contributed by atoms with Gasteiger partial charge in [0.25, 0.3) is 0 Å². The summed E-state index contributed by atoms with van der Waals surface area (Å²) in [5.74, 6) is 0.475. The standard InChI is InChI=1S/C15H19NO5/c1-8-10(7-13(17)16-15(8)18)14-11(20-3)5-9(19-2)6-12(14)21-4/h5-6,8,10H,7H2,1-4H3,(H,16,17,18). The van der Waals surface area contributed by atoms with Crippen molar-refractivity contribution in [1.29, 1.82) is 0 Å². The van der Waals surface area contributed by atoms with Crippen molar-refractivity contribution >= 4 is 11.8 Å². The normalized spacial score (nSPS) is 21.7. The van der Waals surface area contributed by atoms with Crippen LogP contribution in [0.15, 0.2) is 12.1 Å². The molecule has 0 radical (unpaired) electrons. The number of carbonyl (C=O) groups excluding carboxylic acids is 2. The van der Waals surface area contributed by atoms with E-state index in [2.05, 4.69) is 5.32 Å². The molecule has 1 aliphatic heterocycles. The monoisotopic (exact) mass is 293 g/mol. The Kier molecular flexibility index (Phi) is 4.35. The van der Waals surface area contributed by atoms with Gasteiger partial charge < -0.3 is 14.2 Å². The Morgan fingerprint density at radius 2 is 1.62 bits per heavy atom. The van der Waals surface area contributed by atoms with E-state index in [-0.39, 0.29) is 30.1 Å². The average Bonchev–Trinajstić information content (AvgIpc) is 2.49. The predicted octanol–water partition coefficient (Wildman–Crippen LogP) is 1.48. The number of benzene rings is 1. The summed E-state index contributed by atoms with van der Waals surface area (Å²) in [7, 11) is 4.62. The highest BCUT2D eigenvalue weighted by Crippen LogP contribution is 2.44. The van der Waals surface area contributed by atoms with Crippen molar-refractivity contribution in [3.05, 3.63) is 17.7 Å². The first kappa shape index (κ1) is 15.2. The number of hydrogen-bond acceptors (Lipinski definition) is 5. The molecule has 0 aromatic heterocycles. The summed E-state index contributed by atoms with van der Waals surface area (Å²) < 4.78 is 16.0. The van der Waals surface area contributed by atoms with Crippen molar-refractivity contribution in [2.75, 3.05) is 21.3 Å². The van der Waals surface area contributed by atoms with E-state index in [9.17, 15) is 9.59 Å². The second kappa shape index (κ2) is 6.03. The minimum absolute atomic E-state index is 0.214. The zero-order chi connectivity index (χ0) is 15.6. The van der Waals surface area contributed by atoms with Crippen LogP contribution in [0.2, 0.25) is 0 Å². The van der Waals surface area contributed by atoms with Crippen molar-refractivity contribution in [1.82, 2.24) is 5.32 Å². The van der Waals surface area contributed by atoms with Crippen molar-refractivity contribution in [3.63, 3.8) is 0 Å². The summed E-state index contributed by atoms with van der Waals surface area (Å²) in [5.41, 5.74) is 0.719. The van der Waals surface area contributed by atoms with E-state index in [0.717, 1.165) is 5.56 Å². The van der Waals surface area contributed by atoms with Crippen LogP contribution in [0.3, 0.4) is 0 Å². The van der Waals surface area contributed by atoms with Gasteiger partial charge in [-0.05, 0) is 0 Å². The van der Waals surface area contributed by atoms with E-state index < -0.39 is 0 Å². The van der Waals surface area contributed by atoms with Crippen LogP contribution in [0.5, 0.6) is 17.2 Å². The molecule has 21 heavy (non-hydrogen) atoms. The average molecular weight is 293 g/mol. The van der Waals surface area contributed by atoms with Crippen LogP contribution >= 0.6 is 0 Å². The zero-order valence-electron chi connectivity index (χ0n) is 12.6. The lowest BCUT2D eigenvalue weighted by molar-refractivity contribution is -0.136. The van der Waals surface area contributed by atoms with Crippen LogP contribution in [0, 0.1) is 5.92 Å². The number of rotatable bonds is 4. The highest BCUT2D eigenvalue weighted by molar-refractivity contribution is 5.99. The molecule has 2 unspecified atom stereocenters. The van der Waals surface area contributed by atoms with E-state index in [4.69, 9.17) is 14.2 Å². The van der Waals surface area contributed by atoms with Gasteiger partial charge in [-0.25, -0.2) is 0 Å². The Morgan fingerprint density at radius 3 is 2.10 bits per heavy atom. The Bertz CT molecular complexity index is 544. The van der Waals surface area contributed by atoms with Gasteiger partial charge in [-0.1, -0.05) is 6.92 Å². The number of carbonyl (C=O) groups is 2. The number of imide groups is 1. The van der Waals surface area contributed by atoms with Crippen LogP contribution in [0.1, 0.15) is 24.8 Å². The Hall–Kier alpha value is -2.24. The van der Waals surface area contributed by atoms with E-state index in [1.165, 1.54) is 14.2 Å². The summed E-state index contributed by atoms with van der Waals surface area (Å²) in [5, 5.41) is 2.34. The molecular formula is C15H19NO5. The molecule has 1 heterocycles. The number of amides is 2. The fourth-order valence-electron chi connectivity index (χ4n) is 2.61. The third kappa shape index (κ3) is 2.79. The molecule has 6 nitrogen and oxygen atoms in total. The summed E-state index contributed by atoms with van der Waals surface area (Å²) in [6.45, 7) is 1.79. The van der Waals surface area contributed by atoms with E-state index >= 15 is 0 Å². The maximum Gasteiger partial charge on any atom is 0.230 e. The van der Waals surface area contributed by atoms with Gasteiger partial charge in [0.15, 0.2) is 0 Å². The fraction of sp³-hybridized carbons (Fsp3) is 0.467. The molecule has 2 amide bonds. The van der Waals surface area contributed by atoms with Gasteiger partial charge in [-0.3, -0.25) is 14.9 Å². The van der Waals surface area contributed by atoms with Crippen molar-refractivity contribution in [3.8, 4) is 17.2 Å². The maximum absolute atomic E-state index is 11.9. The maximum atomic E-state index is 11.9. The second-order valence-corrected chi connectivity index (χ2v) is 4.96. The summed E-state index contributed by atoms with van der Waals surface area (Å²) >= 11 is 0. The number of nitrogens with one attached hydrogen (secondary N) is 1. The molecule has 0 spiro atoms. The molecule has 1 aromatic rings. The molecule has 1 aromatic carbocycles. The molecule has 0 saturated carbocycles. The van der Waals surface area contributed by atoms with Gasteiger partial charge in [-0.2, -0.15) is 0 Å². The van der Waals surface area contributed by atoms with E-state index in [1.54, 1.807) is 26.2 Å². The number of ether oxygens (including phenoxy) is 3. The Morgan fingerprint density at radius 1 is 1.05 bits per heavy atom. The van der Waals surface area contributed by atoms with Gasteiger partial charge in [0, 0.05) is 36.0 Å². The molecule has 2 rings (SSSR count). The van der Waals surface area contributed by atoms with Crippen molar-refractivity contribution < 1.29 is 23.8 Å². The zero-order valence-corrected chi connectivity index (χ0v) is 12.6. The predicted molar refractivity (Wildman–Crippen MR) is 75.8 cm³/mol. The number of methoxy groups -OCH3 is 3. The van der Waals surface area contributed by atoms with Gasteiger partial charge in [0.05, 0.1) is 21.3 Å². The first-order valence-corrected chi connectivity index (χ1v) is 6.65. The first-order valence-electron chi connectivity index (χ1n) is 6.65. The second-order valence-electron chi connectivity index (χ2n) is 4.96. The minimum atomic E-state index is -0.348. The third-order valence-corrected chi connectivity index (χ3v) is 3.81. The molecule has 2 atom stereocenters. The lowest BCUT2D eigenvalue weighted by atomic mass is 9.80. The molecule has 1 fully saturated rings. The van der Waals surface area contributed by atoms with Crippen molar-refractivity contribution in [2.24, 2.45) is 5.92 Å². The van der Waals surface area contributed by atoms with Gasteiger partial charge in [0.1, 0.15) is 17.2 Å². The van der Waals surface area contributed by atoms with Gasteiger partial charge in [-0.15, -0.1) is 0 Å². The van der Waals surface area contributed by atoms with Crippen LogP contribution < -0.4 is 19.5 Å². The van der Waals surface area contributed by atoms with Gasteiger partial charge in [0.2, 0.25) is 11.8 Å². The SMILES string of the molecule is COc1cc(OC)c(C2CC(=O)NC(=O)C2C)c(OC)c1. The van der Waals surface area contributed by atoms with E-state index in [1.807, 2.05) is 0 Å². The quantitative estimate of drug-likeness (QED) is 0.851. The number of piperidine rings is 1. The van der Waals surface area contributed by atoms with E-state index in [0.29, 0.717) is 17.2 Å². The molecule has 1 aliphatic rings. The van der Waals surface area contributed by atoms with Crippen LogP contribution in [0.4, 0.5) is 0 Å². The Balaban J connectivity index is 2.55. The van der Waals surface area contributed by atoms with Gasteiger partial charge >= 0.3 is 0 Å². The molecular weight excluding hydrogens is 274 g/mol. The molecule has 1 N–H and O–H groups in total. The highest BCUT2D eigenvalue weighted by Gasteiger charge is 2.37. The summed E-state index contributed by atoms with van der Waals surface area (Å²) in [6.07, 6.45) is 0.214. The lowest BCUT2D eigenvalue weighted by Crippen LogP contribution is -2.43. The van der Waals surface area contributed by atoms with Crippen LogP contribution in [0.25, 0.3) is 0 Å². The molecule has 114 valence electrons. The Labute approximate surface area is 123 Å². The summed E-state index contributed by atoms with van der Waals surface area (Å²) in [6, 6.07) is 3.45. The third-order valence-electron chi connectivity index (χ3n) is 3.81. The molecule has 0 bridgehead atoms. The number of hydrogen-bond donors (Lipinski definition) is 1. The molecule has 6 heteroatoms. The minimum Gasteiger partial charge on any atom is -0.496 e. The van der Waals surface area contributed by atoms with Crippen LogP contribution in [-0.2, 0) is 9.59 Å². The fourth-order valence-corrected chi connectivity index (χ4v) is 2.61. The van der Waals surface area contributed by atoms with Crippen molar-refractivity contribution in [2.45, 2.75) is 19.3 Å². The molecule has 0 aliphatic carbocycles. The first-order chi connectivity index (χ1) is 10.0. The topological polar surface area (TPSA) is 73.9 Å². The highest BCUT2D eigenvalue weighted by atomic mass is 16.5.